The summed E-state index contributed by atoms with van der Waals surface area (Å²) >= 11 is 6.02. The molecule has 0 fully saturated rings. The summed E-state index contributed by atoms with van der Waals surface area (Å²) in [5.41, 5.74) is 2.78. The molecule has 0 unspecified atom stereocenters. The van der Waals surface area contributed by atoms with Crippen LogP contribution in [0.15, 0.2) is 47.4 Å². The highest BCUT2D eigenvalue weighted by molar-refractivity contribution is 7.89. The lowest BCUT2D eigenvalue weighted by Gasteiger charge is -2.10. The molecule has 0 radical (unpaired) electrons. The van der Waals surface area contributed by atoms with Crippen LogP contribution in [-0.4, -0.2) is 8.42 Å². The zero-order valence-electron chi connectivity index (χ0n) is 11.4. The molecule has 0 aliphatic heterocycles. The first-order valence-corrected chi connectivity index (χ1v) is 8.06. The van der Waals surface area contributed by atoms with Crippen molar-refractivity contribution >= 4 is 21.6 Å². The second-order valence-electron chi connectivity index (χ2n) is 4.66. The molecule has 5 heteroatoms. The van der Waals surface area contributed by atoms with Crippen LogP contribution in [0.25, 0.3) is 0 Å². The van der Waals surface area contributed by atoms with Gasteiger partial charge in [-0.1, -0.05) is 41.4 Å². The largest absolute Gasteiger partial charge is 0.240 e. The Bertz CT molecular complexity index is 709. The predicted molar refractivity (Wildman–Crippen MR) is 81.4 cm³/mol. The Labute approximate surface area is 124 Å². The summed E-state index contributed by atoms with van der Waals surface area (Å²) in [6.07, 6.45) is 0. The Hall–Kier alpha value is -1.36. The molecule has 0 saturated carbocycles. The predicted octanol–water partition coefficient (Wildman–Crippen LogP) is 3.44. The van der Waals surface area contributed by atoms with Crippen LogP contribution in [0.5, 0.6) is 0 Å². The van der Waals surface area contributed by atoms with E-state index < -0.39 is 10.0 Å². The number of sulfonamides is 1. The second-order valence-corrected chi connectivity index (χ2v) is 6.84. The molecule has 2 rings (SSSR count). The number of benzene rings is 2. The highest BCUT2D eigenvalue weighted by atomic mass is 35.5. The van der Waals surface area contributed by atoms with Crippen molar-refractivity contribution in [2.24, 2.45) is 0 Å². The Balaban J connectivity index is 2.17. The summed E-state index contributed by atoms with van der Waals surface area (Å²) in [7, 11) is -3.50. The molecule has 3 nitrogen and oxygen atoms in total. The van der Waals surface area contributed by atoms with Crippen molar-refractivity contribution in [3.63, 3.8) is 0 Å². The fourth-order valence-corrected chi connectivity index (χ4v) is 3.02. The highest BCUT2D eigenvalue weighted by Gasteiger charge is 2.14. The maximum Gasteiger partial charge on any atom is 0.240 e. The second kappa shape index (κ2) is 5.95. The van der Waals surface area contributed by atoms with Crippen LogP contribution < -0.4 is 4.72 Å². The van der Waals surface area contributed by atoms with Crippen molar-refractivity contribution in [2.75, 3.05) is 0 Å². The third-order valence-corrected chi connectivity index (χ3v) is 4.99. The summed E-state index contributed by atoms with van der Waals surface area (Å²) < 4.78 is 26.9. The van der Waals surface area contributed by atoms with Crippen LogP contribution in [0, 0.1) is 13.8 Å². The number of nitrogens with one attached hydrogen (secondary N) is 1. The Morgan fingerprint density at radius 2 is 1.70 bits per heavy atom. The first kappa shape index (κ1) is 15.0. The van der Waals surface area contributed by atoms with Crippen LogP contribution in [0.1, 0.15) is 16.7 Å². The average Bonchev–Trinajstić information content (AvgIpc) is 2.41. The standard InChI is InChI=1S/C15H16ClNO2S/c1-11-6-8-14(9-7-11)20(18,19)17-10-13-4-3-5-15(16)12(13)2/h3-9,17H,10H2,1-2H3. The minimum atomic E-state index is -3.50. The van der Waals surface area contributed by atoms with E-state index in [-0.39, 0.29) is 11.4 Å². The van der Waals surface area contributed by atoms with Crippen molar-refractivity contribution in [3.05, 3.63) is 64.2 Å². The summed E-state index contributed by atoms with van der Waals surface area (Å²) in [6, 6.07) is 12.2. The van der Waals surface area contributed by atoms with Crippen LogP contribution >= 0.6 is 11.6 Å². The summed E-state index contributed by atoms with van der Waals surface area (Å²) in [5.74, 6) is 0. The smallest absolute Gasteiger partial charge is 0.207 e. The monoisotopic (exact) mass is 309 g/mol. The van der Waals surface area contributed by atoms with Crippen molar-refractivity contribution < 1.29 is 8.42 Å². The molecule has 0 saturated heterocycles. The van der Waals surface area contributed by atoms with Gasteiger partial charge in [-0.05, 0) is 43.2 Å². The van der Waals surface area contributed by atoms with E-state index in [9.17, 15) is 8.42 Å². The fourth-order valence-electron chi connectivity index (χ4n) is 1.82. The summed E-state index contributed by atoms with van der Waals surface area (Å²) in [4.78, 5) is 0.266. The summed E-state index contributed by atoms with van der Waals surface area (Å²) in [6.45, 7) is 4.01. The van der Waals surface area contributed by atoms with E-state index in [1.54, 1.807) is 30.3 Å². The van der Waals surface area contributed by atoms with E-state index in [1.165, 1.54) is 0 Å². The molecular formula is C15H16ClNO2S. The van der Waals surface area contributed by atoms with Gasteiger partial charge in [-0.25, -0.2) is 13.1 Å². The van der Waals surface area contributed by atoms with E-state index in [0.717, 1.165) is 16.7 Å². The molecule has 2 aromatic rings. The Morgan fingerprint density at radius 3 is 2.35 bits per heavy atom. The van der Waals surface area contributed by atoms with Crippen LogP contribution in [0.2, 0.25) is 5.02 Å². The molecule has 0 aliphatic carbocycles. The molecule has 0 aromatic heterocycles. The first-order valence-electron chi connectivity index (χ1n) is 6.20. The zero-order chi connectivity index (χ0) is 14.8. The molecule has 0 amide bonds. The topological polar surface area (TPSA) is 46.2 Å². The molecule has 20 heavy (non-hydrogen) atoms. The van der Waals surface area contributed by atoms with Gasteiger partial charge in [0.1, 0.15) is 0 Å². The maximum atomic E-state index is 12.2. The van der Waals surface area contributed by atoms with E-state index >= 15 is 0 Å². The molecule has 0 atom stereocenters. The van der Waals surface area contributed by atoms with Gasteiger partial charge in [-0.3, -0.25) is 0 Å². The highest BCUT2D eigenvalue weighted by Crippen LogP contribution is 2.19. The van der Waals surface area contributed by atoms with Gasteiger partial charge in [-0.15, -0.1) is 0 Å². The lowest BCUT2D eigenvalue weighted by Crippen LogP contribution is -2.23. The van der Waals surface area contributed by atoms with Crippen LogP contribution in [0.4, 0.5) is 0 Å². The molecule has 0 heterocycles. The van der Waals surface area contributed by atoms with Gasteiger partial charge in [-0.2, -0.15) is 0 Å². The van der Waals surface area contributed by atoms with Gasteiger partial charge in [0.25, 0.3) is 0 Å². The van der Waals surface area contributed by atoms with Crippen molar-refractivity contribution in [1.82, 2.24) is 4.72 Å². The number of aryl methyl sites for hydroxylation is 1. The Morgan fingerprint density at radius 1 is 1.05 bits per heavy atom. The lowest BCUT2D eigenvalue weighted by molar-refractivity contribution is 0.581. The minimum absolute atomic E-state index is 0.225. The van der Waals surface area contributed by atoms with Gasteiger partial charge < -0.3 is 0 Å². The quantitative estimate of drug-likeness (QED) is 0.940. The van der Waals surface area contributed by atoms with Crippen molar-refractivity contribution in [2.45, 2.75) is 25.3 Å². The fraction of sp³-hybridized carbons (Fsp3) is 0.200. The molecule has 0 bridgehead atoms. The number of rotatable bonds is 4. The third kappa shape index (κ3) is 3.39. The average molecular weight is 310 g/mol. The van der Waals surface area contributed by atoms with Crippen molar-refractivity contribution in [3.8, 4) is 0 Å². The van der Waals surface area contributed by atoms with E-state index in [2.05, 4.69) is 4.72 Å². The SMILES string of the molecule is Cc1ccc(S(=O)(=O)NCc2cccc(Cl)c2C)cc1. The summed E-state index contributed by atoms with van der Waals surface area (Å²) in [5, 5.41) is 0.636. The molecule has 106 valence electrons. The number of halogens is 1. The minimum Gasteiger partial charge on any atom is -0.207 e. The Kier molecular flexibility index (Phi) is 4.48. The number of hydrogen-bond donors (Lipinski definition) is 1. The van der Waals surface area contributed by atoms with Gasteiger partial charge in [0.15, 0.2) is 0 Å². The first-order chi connectivity index (χ1) is 9.40. The van der Waals surface area contributed by atoms with Gasteiger partial charge in [0.05, 0.1) is 4.90 Å². The van der Waals surface area contributed by atoms with E-state index in [1.807, 2.05) is 26.0 Å². The third-order valence-electron chi connectivity index (χ3n) is 3.16. The molecule has 2 aromatic carbocycles. The molecule has 0 spiro atoms. The molecular weight excluding hydrogens is 294 g/mol. The zero-order valence-corrected chi connectivity index (χ0v) is 12.9. The van der Waals surface area contributed by atoms with Crippen LogP contribution in [0.3, 0.4) is 0 Å². The lowest BCUT2D eigenvalue weighted by atomic mass is 10.1. The number of hydrogen-bond acceptors (Lipinski definition) is 2. The molecule has 0 aliphatic rings. The van der Waals surface area contributed by atoms with E-state index in [4.69, 9.17) is 11.6 Å². The van der Waals surface area contributed by atoms with Gasteiger partial charge in [0.2, 0.25) is 10.0 Å². The van der Waals surface area contributed by atoms with Gasteiger partial charge in [0, 0.05) is 11.6 Å². The van der Waals surface area contributed by atoms with Gasteiger partial charge >= 0.3 is 0 Å². The van der Waals surface area contributed by atoms with Crippen LogP contribution in [-0.2, 0) is 16.6 Å². The normalized spacial score (nSPS) is 11.6. The molecule has 1 N–H and O–H groups in total. The van der Waals surface area contributed by atoms with Crippen molar-refractivity contribution in [1.29, 1.82) is 0 Å². The van der Waals surface area contributed by atoms with E-state index in [0.29, 0.717) is 5.02 Å². The maximum absolute atomic E-state index is 12.2.